The first kappa shape index (κ1) is 15.8. The molecular formula is C19H14N2O2S. The summed E-state index contributed by atoms with van der Waals surface area (Å²) in [6.07, 6.45) is 0. The number of carbonyl (C=O) groups is 1. The van der Waals surface area contributed by atoms with Crippen LogP contribution in [-0.4, -0.2) is 12.9 Å². The van der Waals surface area contributed by atoms with Gasteiger partial charge < -0.3 is 10.1 Å². The number of nitrogens with zero attached hydrogens (tertiary/aromatic N) is 1. The molecule has 1 aromatic heterocycles. The molecule has 5 heteroatoms. The summed E-state index contributed by atoms with van der Waals surface area (Å²) in [6.45, 7) is 0. The van der Waals surface area contributed by atoms with E-state index in [1.807, 2.05) is 30.3 Å². The minimum Gasteiger partial charge on any atom is -0.497 e. The maximum absolute atomic E-state index is 12.7. The molecule has 3 rings (SSSR count). The van der Waals surface area contributed by atoms with Gasteiger partial charge in [-0.15, -0.1) is 11.3 Å². The fourth-order valence-corrected chi connectivity index (χ4v) is 3.19. The second kappa shape index (κ2) is 6.99. The number of thiophene rings is 1. The molecule has 0 aliphatic carbocycles. The first-order chi connectivity index (χ1) is 11.7. The van der Waals surface area contributed by atoms with Gasteiger partial charge in [0, 0.05) is 16.6 Å². The van der Waals surface area contributed by atoms with Crippen molar-refractivity contribution < 1.29 is 9.53 Å². The number of ketones is 1. The third kappa shape index (κ3) is 3.14. The number of hydrogen-bond acceptors (Lipinski definition) is 5. The fraction of sp³-hybridized carbons (Fsp3) is 0.0526. The van der Waals surface area contributed by atoms with Gasteiger partial charge in [0.2, 0.25) is 0 Å². The molecule has 0 saturated carbocycles. The summed E-state index contributed by atoms with van der Waals surface area (Å²) in [5.74, 6) is 0.510. The van der Waals surface area contributed by atoms with Gasteiger partial charge in [-0.2, -0.15) is 5.26 Å². The van der Waals surface area contributed by atoms with Crippen LogP contribution in [0, 0.1) is 11.3 Å². The topological polar surface area (TPSA) is 62.1 Å². The molecule has 0 aliphatic heterocycles. The van der Waals surface area contributed by atoms with E-state index in [-0.39, 0.29) is 5.78 Å². The zero-order valence-corrected chi connectivity index (χ0v) is 13.8. The molecule has 0 amide bonds. The molecule has 24 heavy (non-hydrogen) atoms. The number of nitriles is 1. The van der Waals surface area contributed by atoms with Gasteiger partial charge in [-0.3, -0.25) is 4.79 Å². The van der Waals surface area contributed by atoms with Crippen LogP contribution >= 0.6 is 11.3 Å². The van der Waals surface area contributed by atoms with Crippen LogP contribution in [0.15, 0.2) is 60.0 Å². The van der Waals surface area contributed by atoms with Gasteiger partial charge in [0.25, 0.3) is 0 Å². The van der Waals surface area contributed by atoms with E-state index in [4.69, 9.17) is 4.74 Å². The van der Waals surface area contributed by atoms with Crippen LogP contribution in [0.3, 0.4) is 0 Å². The Labute approximate surface area is 143 Å². The number of ether oxygens (including phenoxy) is 1. The van der Waals surface area contributed by atoms with E-state index in [9.17, 15) is 10.1 Å². The highest BCUT2D eigenvalue weighted by atomic mass is 32.1. The summed E-state index contributed by atoms with van der Waals surface area (Å²) < 4.78 is 5.10. The monoisotopic (exact) mass is 334 g/mol. The lowest BCUT2D eigenvalue weighted by Crippen LogP contribution is -2.02. The maximum atomic E-state index is 12.7. The fourth-order valence-electron chi connectivity index (χ4n) is 2.28. The van der Waals surface area contributed by atoms with Crippen LogP contribution in [0.4, 0.5) is 10.7 Å². The predicted molar refractivity (Wildman–Crippen MR) is 95.2 cm³/mol. The van der Waals surface area contributed by atoms with E-state index < -0.39 is 0 Å². The first-order valence-electron chi connectivity index (χ1n) is 7.25. The molecule has 0 bridgehead atoms. The molecule has 0 saturated heterocycles. The van der Waals surface area contributed by atoms with E-state index in [0.717, 1.165) is 5.69 Å². The second-order valence-corrected chi connectivity index (χ2v) is 5.89. The Kier molecular flexibility index (Phi) is 4.59. The molecule has 118 valence electrons. The Morgan fingerprint density at radius 3 is 2.46 bits per heavy atom. The van der Waals surface area contributed by atoms with Crippen molar-refractivity contribution in [1.82, 2.24) is 0 Å². The molecule has 1 N–H and O–H groups in total. The number of nitrogens with one attached hydrogen (secondary N) is 1. The number of hydrogen-bond donors (Lipinski definition) is 1. The van der Waals surface area contributed by atoms with E-state index in [0.29, 0.717) is 27.4 Å². The molecule has 0 spiro atoms. The standard InChI is InChI=1S/C19H14N2O2S/c1-23-15-9-7-13(8-10-15)18(22)17-12-24-19(16(17)11-20)21-14-5-3-2-4-6-14/h2-10,12,21H,1H3. The van der Waals surface area contributed by atoms with E-state index in [1.54, 1.807) is 36.8 Å². The largest absolute Gasteiger partial charge is 0.497 e. The van der Waals surface area contributed by atoms with Crippen LogP contribution in [-0.2, 0) is 0 Å². The highest BCUT2D eigenvalue weighted by Gasteiger charge is 2.19. The third-order valence-corrected chi connectivity index (χ3v) is 4.43. The number of para-hydroxylation sites is 1. The van der Waals surface area contributed by atoms with Crippen molar-refractivity contribution in [3.63, 3.8) is 0 Å². The van der Waals surface area contributed by atoms with Gasteiger partial charge >= 0.3 is 0 Å². The van der Waals surface area contributed by atoms with Crippen molar-refractivity contribution in [2.45, 2.75) is 0 Å². The third-order valence-electron chi connectivity index (χ3n) is 3.53. The smallest absolute Gasteiger partial charge is 0.195 e. The number of rotatable bonds is 5. The Morgan fingerprint density at radius 2 is 1.83 bits per heavy atom. The Balaban J connectivity index is 1.91. The van der Waals surface area contributed by atoms with Crippen LogP contribution < -0.4 is 10.1 Å². The maximum Gasteiger partial charge on any atom is 0.195 e. The average molecular weight is 334 g/mol. The zero-order valence-electron chi connectivity index (χ0n) is 12.9. The molecule has 1 heterocycles. The average Bonchev–Trinajstić information content (AvgIpc) is 3.04. The SMILES string of the molecule is COc1ccc(C(=O)c2csc(Nc3ccccc3)c2C#N)cc1. The van der Waals surface area contributed by atoms with Gasteiger partial charge in [0.1, 0.15) is 16.8 Å². The lowest BCUT2D eigenvalue weighted by atomic mass is 10.0. The Hall–Kier alpha value is -3.10. The summed E-state index contributed by atoms with van der Waals surface area (Å²) in [7, 11) is 1.57. The van der Waals surface area contributed by atoms with Crippen molar-refractivity contribution in [1.29, 1.82) is 5.26 Å². The minimum absolute atomic E-state index is 0.174. The van der Waals surface area contributed by atoms with Crippen LogP contribution in [0.5, 0.6) is 5.75 Å². The highest BCUT2D eigenvalue weighted by Crippen LogP contribution is 2.32. The quantitative estimate of drug-likeness (QED) is 0.693. The van der Waals surface area contributed by atoms with Crippen molar-refractivity contribution >= 4 is 27.8 Å². The molecule has 3 aromatic rings. The molecule has 0 radical (unpaired) electrons. The molecule has 0 unspecified atom stereocenters. The van der Waals surface area contributed by atoms with E-state index >= 15 is 0 Å². The van der Waals surface area contributed by atoms with E-state index in [1.165, 1.54) is 11.3 Å². The highest BCUT2D eigenvalue weighted by molar-refractivity contribution is 7.14. The number of benzene rings is 2. The Morgan fingerprint density at radius 1 is 1.12 bits per heavy atom. The van der Waals surface area contributed by atoms with Crippen molar-refractivity contribution in [3.8, 4) is 11.8 Å². The minimum atomic E-state index is -0.174. The summed E-state index contributed by atoms with van der Waals surface area (Å²) in [6, 6.07) is 18.6. The lowest BCUT2D eigenvalue weighted by Gasteiger charge is -2.05. The van der Waals surface area contributed by atoms with Gasteiger partial charge in [0.15, 0.2) is 5.78 Å². The van der Waals surface area contributed by atoms with Gasteiger partial charge in [-0.1, -0.05) is 18.2 Å². The van der Waals surface area contributed by atoms with Crippen LogP contribution in [0.2, 0.25) is 0 Å². The Bertz CT molecular complexity index is 893. The summed E-state index contributed by atoms with van der Waals surface area (Å²) in [5, 5.41) is 15.1. The van der Waals surface area contributed by atoms with Crippen molar-refractivity contribution in [2.24, 2.45) is 0 Å². The normalized spacial score (nSPS) is 10.0. The number of anilines is 2. The predicted octanol–water partition coefficient (Wildman–Crippen LogP) is 4.60. The van der Waals surface area contributed by atoms with Crippen molar-refractivity contribution in [3.05, 3.63) is 76.7 Å². The van der Waals surface area contributed by atoms with Crippen molar-refractivity contribution in [2.75, 3.05) is 12.4 Å². The van der Waals surface area contributed by atoms with Gasteiger partial charge in [0.05, 0.1) is 18.2 Å². The summed E-state index contributed by atoms with van der Waals surface area (Å²) >= 11 is 1.35. The molecule has 0 aliphatic rings. The van der Waals surface area contributed by atoms with Crippen LogP contribution in [0.1, 0.15) is 21.5 Å². The van der Waals surface area contributed by atoms with E-state index in [2.05, 4.69) is 11.4 Å². The zero-order chi connectivity index (χ0) is 16.9. The van der Waals surface area contributed by atoms with Gasteiger partial charge in [-0.05, 0) is 36.4 Å². The summed E-state index contributed by atoms with van der Waals surface area (Å²) in [5.41, 5.74) is 2.17. The number of methoxy groups -OCH3 is 1. The molecule has 2 aromatic carbocycles. The molecular weight excluding hydrogens is 320 g/mol. The lowest BCUT2D eigenvalue weighted by molar-refractivity contribution is 0.103. The molecule has 4 nitrogen and oxygen atoms in total. The van der Waals surface area contributed by atoms with Gasteiger partial charge in [-0.25, -0.2) is 0 Å². The molecule has 0 atom stereocenters. The summed E-state index contributed by atoms with van der Waals surface area (Å²) in [4.78, 5) is 12.7. The first-order valence-corrected chi connectivity index (χ1v) is 8.13. The molecule has 0 fully saturated rings. The van der Waals surface area contributed by atoms with Crippen LogP contribution in [0.25, 0.3) is 0 Å². The number of carbonyl (C=O) groups excluding carboxylic acids is 1. The second-order valence-electron chi connectivity index (χ2n) is 5.01.